The van der Waals surface area contributed by atoms with Crippen LogP contribution in [0.25, 0.3) is 11.2 Å². The number of hydrogen-bond donors (Lipinski definition) is 4. The average molecular weight is 327 g/mol. The fourth-order valence-corrected chi connectivity index (χ4v) is 2.98. The Morgan fingerprint density at radius 1 is 1.36 bits per heavy atom. The van der Waals surface area contributed by atoms with Gasteiger partial charge in [0.05, 0.1) is 6.61 Å². The number of imidazole rings is 1. The number of nitrogens with zero attached hydrogens (tertiary/aromatic N) is 3. The molecule has 2 heterocycles. The van der Waals surface area contributed by atoms with E-state index in [1.807, 2.05) is 0 Å². The van der Waals surface area contributed by atoms with Crippen LogP contribution in [-0.4, -0.2) is 48.1 Å². The highest BCUT2D eigenvalue weighted by atomic mass is 32.2. The number of carboxylic acids is 1. The highest BCUT2D eigenvalue weighted by molar-refractivity contribution is 7.99. The minimum absolute atomic E-state index is 0.00500. The molecule has 120 valence electrons. The van der Waals surface area contributed by atoms with Crippen LogP contribution in [0.3, 0.4) is 0 Å². The molecule has 0 aliphatic carbocycles. The highest BCUT2D eigenvalue weighted by Crippen LogP contribution is 2.22. The number of nitrogens with two attached hydrogens (primary N) is 1. The molecule has 0 bridgehead atoms. The molecule has 0 atom stereocenters. The Hall–Kier alpha value is -2.07. The topological polar surface area (TPSA) is 147 Å². The van der Waals surface area contributed by atoms with Gasteiger partial charge in [-0.25, -0.2) is 4.98 Å². The number of aliphatic carboxylic acids is 1. The Labute approximate surface area is 129 Å². The number of hydrogen-bond acceptors (Lipinski definition) is 7. The Morgan fingerprint density at radius 3 is 2.82 bits per heavy atom. The molecule has 9 nitrogen and oxygen atoms in total. The fourth-order valence-electron chi connectivity index (χ4n) is 1.96. The smallest absolute Gasteiger partial charge is 0.303 e. The van der Waals surface area contributed by atoms with Gasteiger partial charge in [0.15, 0.2) is 16.3 Å². The van der Waals surface area contributed by atoms with E-state index in [1.165, 1.54) is 11.8 Å². The predicted molar refractivity (Wildman–Crippen MR) is 81.9 cm³/mol. The van der Waals surface area contributed by atoms with E-state index in [1.54, 1.807) is 4.57 Å². The summed E-state index contributed by atoms with van der Waals surface area (Å²) >= 11 is 1.39. The van der Waals surface area contributed by atoms with Gasteiger partial charge in [-0.3, -0.25) is 14.6 Å². The molecule has 22 heavy (non-hydrogen) atoms. The summed E-state index contributed by atoms with van der Waals surface area (Å²) in [4.78, 5) is 33.0. The van der Waals surface area contributed by atoms with Crippen molar-refractivity contribution >= 4 is 34.8 Å². The lowest BCUT2D eigenvalue weighted by Crippen LogP contribution is -2.12. The van der Waals surface area contributed by atoms with Gasteiger partial charge < -0.3 is 20.5 Å². The van der Waals surface area contributed by atoms with Crippen LogP contribution in [0, 0.1) is 0 Å². The molecule has 2 aromatic rings. The number of nitrogen functional groups attached to an aromatic ring is 1. The van der Waals surface area contributed by atoms with Crippen LogP contribution in [0.15, 0.2) is 9.95 Å². The third-order valence-corrected chi connectivity index (χ3v) is 3.99. The summed E-state index contributed by atoms with van der Waals surface area (Å²) in [6.07, 6.45) is 1.42. The van der Waals surface area contributed by atoms with Gasteiger partial charge in [-0.15, -0.1) is 0 Å². The zero-order chi connectivity index (χ0) is 16.1. The number of H-pyrrole nitrogens is 1. The molecule has 0 saturated carbocycles. The maximum absolute atomic E-state index is 11.8. The molecule has 0 aromatic carbocycles. The van der Waals surface area contributed by atoms with Crippen LogP contribution in [0.1, 0.15) is 19.3 Å². The van der Waals surface area contributed by atoms with Crippen LogP contribution in [-0.2, 0) is 11.3 Å². The number of rotatable bonds is 8. The summed E-state index contributed by atoms with van der Waals surface area (Å²) in [5.41, 5.74) is 5.62. The Balaban J connectivity index is 2.18. The van der Waals surface area contributed by atoms with E-state index < -0.39 is 11.5 Å². The SMILES string of the molecule is Nc1nc2c(nc(SCCCCC(=O)O)n2CCO)c(=O)[nH]1. The number of aromatic nitrogens is 4. The Morgan fingerprint density at radius 2 is 2.14 bits per heavy atom. The maximum atomic E-state index is 11.8. The summed E-state index contributed by atoms with van der Waals surface area (Å²) in [6, 6.07) is 0. The van der Waals surface area contributed by atoms with Crippen molar-refractivity contribution in [2.24, 2.45) is 0 Å². The number of unbranched alkanes of at least 4 members (excludes halogenated alkanes) is 1. The van der Waals surface area contributed by atoms with Crippen molar-refractivity contribution in [3.8, 4) is 0 Å². The van der Waals surface area contributed by atoms with E-state index in [9.17, 15) is 9.59 Å². The van der Waals surface area contributed by atoms with E-state index in [-0.39, 0.29) is 31.0 Å². The number of nitrogens with one attached hydrogen (secondary N) is 1. The third-order valence-electron chi connectivity index (χ3n) is 2.93. The molecule has 10 heteroatoms. The molecule has 0 fully saturated rings. The van der Waals surface area contributed by atoms with E-state index in [2.05, 4.69) is 15.0 Å². The van der Waals surface area contributed by atoms with Crippen LogP contribution in [0.5, 0.6) is 0 Å². The molecule has 0 saturated heterocycles. The highest BCUT2D eigenvalue weighted by Gasteiger charge is 2.15. The summed E-state index contributed by atoms with van der Waals surface area (Å²) in [5.74, 6) is -0.159. The number of aliphatic hydroxyl groups excluding tert-OH is 1. The fraction of sp³-hybridized carbons (Fsp3) is 0.500. The van der Waals surface area contributed by atoms with Gasteiger partial charge in [0, 0.05) is 18.7 Å². The first-order valence-electron chi connectivity index (χ1n) is 6.74. The van der Waals surface area contributed by atoms with Crippen molar-refractivity contribution in [1.82, 2.24) is 19.5 Å². The Kier molecular flexibility index (Phi) is 5.39. The second-order valence-corrected chi connectivity index (χ2v) is 5.65. The zero-order valence-electron chi connectivity index (χ0n) is 11.8. The molecule has 2 aromatic heterocycles. The molecular formula is C12H17N5O4S. The number of fused-ring (bicyclic) bond motifs is 1. The van der Waals surface area contributed by atoms with Crippen molar-refractivity contribution < 1.29 is 15.0 Å². The third kappa shape index (κ3) is 3.77. The summed E-state index contributed by atoms with van der Waals surface area (Å²) in [7, 11) is 0. The summed E-state index contributed by atoms with van der Waals surface area (Å²) in [6.45, 7) is 0.135. The molecule has 0 aliphatic rings. The number of aromatic amines is 1. The summed E-state index contributed by atoms with van der Waals surface area (Å²) in [5, 5.41) is 18.3. The lowest BCUT2D eigenvalue weighted by atomic mass is 10.3. The molecule has 0 radical (unpaired) electrons. The van der Waals surface area contributed by atoms with E-state index in [0.29, 0.717) is 29.4 Å². The van der Waals surface area contributed by atoms with E-state index >= 15 is 0 Å². The standard InChI is InChI=1S/C12H17N5O4S/c13-11-15-9-8(10(21)16-11)14-12(17(9)4-5-18)22-6-2-1-3-7(19)20/h18H,1-6H2,(H,19,20)(H3,13,15,16,21). The molecule has 0 aliphatic heterocycles. The average Bonchev–Trinajstić information content (AvgIpc) is 2.77. The van der Waals surface area contributed by atoms with Gasteiger partial charge in [-0.2, -0.15) is 4.98 Å². The minimum atomic E-state index is -0.816. The van der Waals surface area contributed by atoms with Crippen LogP contribution in [0.4, 0.5) is 5.95 Å². The molecule has 0 spiro atoms. The van der Waals surface area contributed by atoms with Crippen LogP contribution >= 0.6 is 11.8 Å². The van der Waals surface area contributed by atoms with Crippen molar-refractivity contribution in [2.45, 2.75) is 31.0 Å². The van der Waals surface area contributed by atoms with E-state index in [0.717, 1.165) is 0 Å². The van der Waals surface area contributed by atoms with Gasteiger partial charge in [0.2, 0.25) is 5.95 Å². The predicted octanol–water partition coefficient (Wildman–Crippen LogP) is 0.0411. The summed E-state index contributed by atoms with van der Waals surface area (Å²) < 4.78 is 1.64. The largest absolute Gasteiger partial charge is 0.481 e. The van der Waals surface area contributed by atoms with Crippen molar-refractivity contribution in [3.05, 3.63) is 10.4 Å². The number of carboxylic acid groups (broad SMARTS) is 1. The first kappa shape index (κ1) is 16.3. The molecule has 5 N–H and O–H groups in total. The number of carbonyl (C=O) groups is 1. The number of thioether (sulfide) groups is 1. The van der Waals surface area contributed by atoms with Crippen LogP contribution in [0.2, 0.25) is 0 Å². The Bertz CT molecular complexity index is 726. The lowest BCUT2D eigenvalue weighted by molar-refractivity contribution is -0.137. The van der Waals surface area contributed by atoms with Crippen molar-refractivity contribution in [3.63, 3.8) is 0 Å². The molecular weight excluding hydrogens is 310 g/mol. The number of anilines is 1. The zero-order valence-corrected chi connectivity index (χ0v) is 12.6. The van der Waals surface area contributed by atoms with Crippen molar-refractivity contribution in [1.29, 1.82) is 0 Å². The second kappa shape index (κ2) is 7.27. The van der Waals surface area contributed by atoms with Gasteiger partial charge >= 0.3 is 5.97 Å². The maximum Gasteiger partial charge on any atom is 0.303 e. The molecule has 0 unspecified atom stereocenters. The normalized spacial score (nSPS) is 11.1. The second-order valence-electron chi connectivity index (χ2n) is 4.59. The van der Waals surface area contributed by atoms with Gasteiger partial charge in [0.1, 0.15) is 0 Å². The van der Waals surface area contributed by atoms with E-state index in [4.69, 9.17) is 15.9 Å². The van der Waals surface area contributed by atoms with Crippen LogP contribution < -0.4 is 11.3 Å². The quantitative estimate of drug-likeness (QED) is 0.392. The minimum Gasteiger partial charge on any atom is -0.481 e. The first-order valence-corrected chi connectivity index (χ1v) is 7.73. The van der Waals surface area contributed by atoms with Gasteiger partial charge in [-0.1, -0.05) is 11.8 Å². The number of aliphatic hydroxyl groups is 1. The van der Waals surface area contributed by atoms with Crippen molar-refractivity contribution in [2.75, 3.05) is 18.1 Å². The molecule has 0 amide bonds. The monoisotopic (exact) mass is 327 g/mol. The molecule has 2 rings (SSSR count). The van der Waals surface area contributed by atoms with Gasteiger partial charge in [-0.05, 0) is 12.8 Å². The van der Waals surface area contributed by atoms with Gasteiger partial charge in [0.25, 0.3) is 5.56 Å². The first-order chi connectivity index (χ1) is 10.5. The lowest BCUT2D eigenvalue weighted by Gasteiger charge is -2.06.